The van der Waals surface area contributed by atoms with Gasteiger partial charge < -0.3 is 10.4 Å². The minimum absolute atomic E-state index is 0.0820. The summed E-state index contributed by atoms with van der Waals surface area (Å²) in [6, 6.07) is 8.34. The van der Waals surface area contributed by atoms with E-state index in [2.05, 4.69) is 15.3 Å². The van der Waals surface area contributed by atoms with Gasteiger partial charge in [-0.15, -0.1) is 0 Å². The third-order valence-corrected chi connectivity index (χ3v) is 4.46. The van der Waals surface area contributed by atoms with Crippen molar-refractivity contribution in [2.45, 2.75) is 12.8 Å². The molecule has 25 heavy (non-hydrogen) atoms. The fraction of sp³-hybridized carbons (Fsp3) is 0.222. The van der Waals surface area contributed by atoms with Crippen molar-refractivity contribution in [3.8, 4) is 5.75 Å². The first kappa shape index (κ1) is 15.3. The number of hydrogen-bond donors (Lipinski definition) is 2. The lowest BCUT2D eigenvalue weighted by molar-refractivity contribution is -0.384. The van der Waals surface area contributed by atoms with Crippen molar-refractivity contribution in [2.75, 3.05) is 18.4 Å². The molecular weight excluding hydrogens is 320 g/mol. The number of nitrogens with one attached hydrogen (secondary N) is 1. The van der Waals surface area contributed by atoms with Crippen LogP contribution in [0.4, 0.5) is 17.1 Å². The Kier molecular flexibility index (Phi) is 3.68. The maximum Gasteiger partial charge on any atom is 0.269 e. The van der Waals surface area contributed by atoms with Crippen molar-refractivity contribution in [1.29, 1.82) is 0 Å². The fourth-order valence-corrected chi connectivity index (χ4v) is 3.17. The van der Waals surface area contributed by atoms with Crippen molar-refractivity contribution < 1.29 is 10.0 Å². The Morgan fingerprint density at radius 3 is 2.84 bits per heavy atom. The van der Waals surface area contributed by atoms with Crippen molar-refractivity contribution in [2.24, 2.45) is 9.98 Å². The van der Waals surface area contributed by atoms with Crippen molar-refractivity contribution in [1.82, 2.24) is 0 Å². The van der Waals surface area contributed by atoms with E-state index in [9.17, 15) is 15.2 Å². The average Bonchev–Trinajstić information content (AvgIpc) is 3.05. The minimum Gasteiger partial charge on any atom is -0.504 e. The van der Waals surface area contributed by atoms with Crippen LogP contribution in [0.3, 0.4) is 0 Å². The van der Waals surface area contributed by atoms with Crippen LogP contribution >= 0.6 is 0 Å². The van der Waals surface area contributed by atoms with E-state index in [0.29, 0.717) is 24.3 Å². The molecule has 0 atom stereocenters. The van der Waals surface area contributed by atoms with E-state index in [1.807, 2.05) is 12.3 Å². The molecule has 0 amide bonds. The zero-order valence-electron chi connectivity index (χ0n) is 13.4. The highest BCUT2D eigenvalue weighted by molar-refractivity contribution is 6.08. The van der Waals surface area contributed by atoms with E-state index in [-0.39, 0.29) is 11.4 Å². The Hall–Kier alpha value is -3.22. The number of rotatable bonds is 5. The highest BCUT2D eigenvalue weighted by Gasteiger charge is 2.18. The molecular formula is C18H16N4O3. The van der Waals surface area contributed by atoms with Crippen LogP contribution in [0.15, 0.2) is 40.3 Å². The monoisotopic (exact) mass is 336 g/mol. The van der Waals surface area contributed by atoms with Crippen molar-refractivity contribution in [3.05, 3.63) is 56.6 Å². The van der Waals surface area contributed by atoms with Gasteiger partial charge >= 0.3 is 0 Å². The summed E-state index contributed by atoms with van der Waals surface area (Å²) in [6.07, 6.45) is 3.35. The average molecular weight is 336 g/mol. The van der Waals surface area contributed by atoms with Crippen LogP contribution in [0.2, 0.25) is 0 Å². The van der Waals surface area contributed by atoms with Gasteiger partial charge in [0.15, 0.2) is 5.75 Å². The van der Waals surface area contributed by atoms with E-state index < -0.39 is 4.92 Å². The smallest absolute Gasteiger partial charge is 0.269 e. The second-order valence-corrected chi connectivity index (χ2v) is 6.03. The number of nitro groups is 1. The summed E-state index contributed by atoms with van der Waals surface area (Å²) in [4.78, 5) is 19.1. The Morgan fingerprint density at radius 1 is 1.28 bits per heavy atom. The van der Waals surface area contributed by atoms with Gasteiger partial charge in [-0.2, -0.15) is 0 Å². The SMILES string of the molecule is O=[N+]([O-])c1ccc(CCNc2cc3c4c(c2O)N=CC=4CCN=3)cc1. The molecule has 0 radical (unpaired) electrons. The summed E-state index contributed by atoms with van der Waals surface area (Å²) in [5.41, 5.74) is 3.40. The number of benzene rings is 2. The standard InChI is InChI=1S/C18H16N4O3/c23-18-15(9-14-16-12(6-8-19-14)10-21-17(16)18)20-7-5-11-1-3-13(4-2-11)22(24)25/h1-4,9-10,20,23H,5-8H2. The molecule has 2 aliphatic heterocycles. The summed E-state index contributed by atoms with van der Waals surface area (Å²) in [5, 5.41) is 26.2. The first-order valence-electron chi connectivity index (χ1n) is 8.08. The molecule has 0 aliphatic carbocycles. The highest BCUT2D eigenvalue weighted by Crippen LogP contribution is 2.32. The quantitative estimate of drug-likeness (QED) is 0.494. The topological polar surface area (TPSA) is 100 Å². The number of hydrogen-bond acceptors (Lipinski definition) is 6. The van der Waals surface area contributed by atoms with E-state index in [0.717, 1.165) is 34.7 Å². The molecule has 0 spiro atoms. The van der Waals surface area contributed by atoms with Gasteiger partial charge in [-0.05, 0) is 30.0 Å². The predicted octanol–water partition coefficient (Wildman–Crippen LogP) is 1.84. The van der Waals surface area contributed by atoms with Gasteiger partial charge in [0.1, 0.15) is 5.69 Å². The van der Waals surface area contributed by atoms with Gasteiger partial charge in [0.2, 0.25) is 0 Å². The number of aliphatic imine (C=N–C) groups is 1. The summed E-state index contributed by atoms with van der Waals surface area (Å²) in [6.45, 7) is 1.32. The van der Waals surface area contributed by atoms with Gasteiger partial charge in [-0.1, -0.05) is 12.1 Å². The first-order valence-corrected chi connectivity index (χ1v) is 8.08. The van der Waals surface area contributed by atoms with Gasteiger partial charge in [-0.3, -0.25) is 20.1 Å². The van der Waals surface area contributed by atoms with Crippen molar-refractivity contribution in [3.63, 3.8) is 0 Å². The molecule has 0 unspecified atom stereocenters. The Morgan fingerprint density at radius 2 is 2.08 bits per heavy atom. The molecule has 2 aromatic carbocycles. The molecule has 2 N–H and O–H groups in total. The van der Waals surface area contributed by atoms with Crippen LogP contribution in [0.5, 0.6) is 5.75 Å². The van der Waals surface area contributed by atoms with Crippen LogP contribution in [0.1, 0.15) is 12.0 Å². The number of phenols is 1. The molecule has 0 fully saturated rings. The third-order valence-electron chi connectivity index (χ3n) is 4.46. The molecule has 2 heterocycles. The molecule has 0 saturated carbocycles. The summed E-state index contributed by atoms with van der Waals surface area (Å²) >= 11 is 0. The molecule has 126 valence electrons. The lowest BCUT2D eigenvalue weighted by atomic mass is 10.1. The van der Waals surface area contributed by atoms with E-state index in [1.54, 1.807) is 12.1 Å². The Labute approximate surface area is 143 Å². The predicted molar refractivity (Wildman–Crippen MR) is 95.2 cm³/mol. The number of anilines is 1. The Balaban J connectivity index is 1.51. The normalized spacial score (nSPS) is 14.2. The van der Waals surface area contributed by atoms with Crippen LogP contribution in [-0.4, -0.2) is 29.3 Å². The van der Waals surface area contributed by atoms with Crippen LogP contribution in [-0.2, 0) is 6.42 Å². The van der Waals surface area contributed by atoms with Crippen LogP contribution < -0.4 is 15.9 Å². The number of phenolic OH excluding ortho intramolecular Hbond substituents is 1. The molecule has 0 bridgehead atoms. The fourth-order valence-electron chi connectivity index (χ4n) is 3.17. The van der Waals surface area contributed by atoms with E-state index in [1.165, 1.54) is 12.1 Å². The molecule has 0 aromatic heterocycles. The highest BCUT2D eigenvalue weighted by atomic mass is 16.6. The number of nitrogens with zero attached hydrogens (tertiary/aromatic N) is 3. The lowest BCUT2D eigenvalue weighted by Gasteiger charge is -2.12. The minimum atomic E-state index is -0.411. The molecule has 2 aliphatic rings. The summed E-state index contributed by atoms with van der Waals surface area (Å²) in [5.74, 6) is 0.144. The molecule has 4 rings (SSSR count). The van der Waals surface area contributed by atoms with Crippen molar-refractivity contribution >= 4 is 28.8 Å². The second kappa shape index (κ2) is 6.01. The maximum atomic E-state index is 10.7. The summed E-state index contributed by atoms with van der Waals surface area (Å²) in [7, 11) is 0. The van der Waals surface area contributed by atoms with Crippen LogP contribution in [0, 0.1) is 10.1 Å². The van der Waals surface area contributed by atoms with E-state index in [4.69, 9.17) is 0 Å². The Bertz CT molecular complexity index is 1010. The summed E-state index contributed by atoms with van der Waals surface area (Å²) < 4.78 is 0. The third kappa shape index (κ3) is 2.73. The van der Waals surface area contributed by atoms with Gasteiger partial charge in [-0.25, -0.2) is 0 Å². The van der Waals surface area contributed by atoms with Gasteiger partial charge in [0.05, 0.1) is 16.0 Å². The lowest BCUT2D eigenvalue weighted by Crippen LogP contribution is -2.30. The maximum absolute atomic E-state index is 10.7. The number of aromatic hydroxyl groups is 1. The molecule has 7 heteroatoms. The molecule has 7 nitrogen and oxygen atoms in total. The molecule has 0 saturated heterocycles. The zero-order chi connectivity index (χ0) is 17.4. The number of non-ortho nitro benzene ring substituents is 1. The zero-order valence-corrected chi connectivity index (χ0v) is 13.4. The van der Waals surface area contributed by atoms with Gasteiger partial charge in [0, 0.05) is 36.7 Å². The van der Waals surface area contributed by atoms with Crippen LogP contribution in [0.25, 0.3) is 5.57 Å². The molecule has 2 aromatic rings. The van der Waals surface area contributed by atoms with Gasteiger partial charge in [0.25, 0.3) is 5.69 Å². The second-order valence-electron chi connectivity index (χ2n) is 6.03. The van der Waals surface area contributed by atoms with E-state index >= 15 is 0 Å². The first-order chi connectivity index (χ1) is 12.1. The number of nitro benzene ring substituents is 1. The largest absolute Gasteiger partial charge is 0.504 e.